The van der Waals surface area contributed by atoms with Gasteiger partial charge in [0.2, 0.25) is 0 Å². The van der Waals surface area contributed by atoms with Crippen LogP contribution < -0.4 is 10.5 Å². The third-order valence-corrected chi connectivity index (χ3v) is 3.54. The Kier molecular flexibility index (Phi) is 2.85. The molecule has 0 spiro atoms. The number of fused-ring (bicyclic) bond motifs is 1. The van der Waals surface area contributed by atoms with Crippen LogP contribution in [0, 0.1) is 0 Å². The van der Waals surface area contributed by atoms with Gasteiger partial charge >= 0.3 is 0 Å². The van der Waals surface area contributed by atoms with E-state index in [1.807, 2.05) is 22.2 Å². The van der Waals surface area contributed by atoms with Crippen LogP contribution in [0.15, 0.2) is 36.0 Å². The van der Waals surface area contributed by atoms with Crippen molar-refractivity contribution in [3.05, 3.63) is 46.7 Å². The molecule has 0 atom stereocenters. The lowest BCUT2D eigenvalue weighted by Crippen LogP contribution is -1.96. The van der Waals surface area contributed by atoms with Gasteiger partial charge in [-0.3, -0.25) is 4.40 Å². The summed E-state index contributed by atoms with van der Waals surface area (Å²) in [6, 6.07) is 5.19. The van der Waals surface area contributed by atoms with E-state index in [-0.39, 0.29) is 0 Å². The Balaban J connectivity index is 1.76. The number of hydrogen-bond donors (Lipinski definition) is 1. The minimum atomic E-state index is 0.387. The number of thiazole rings is 1. The number of nitrogens with zero attached hydrogens (tertiary/aromatic N) is 2. The van der Waals surface area contributed by atoms with Crippen LogP contribution in [0.3, 0.4) is 0 Å². The van der Waals surface area contributed by atoms with Gasteiger partial charge in [-0.15, -0.1) is 11.3 Å². The average Bonchev–Trinajstić information content (AvgIpc) is 2.88. The van der Waals surface area contributed by atoms with E-state index in [1.54, 1.807) is 29.5 Å². The Labute approximate surface area is 113 Å². The highest BCUT2D eigenvalue weighted by Crippen LogP contribution is 2.27. The molecule has 2 heterocycles. The number of hydrogen-bond acceptors (Lipinski definition) is 4. The van der Waals surface area contributed by atoms with Crippen LogP contribution in [-0.2, 0) is 6.61 Å². The molecule has 18 heavy (non-hydrogen) atoms. The number of anilines is 1. The van der Waals surface area contributed by atoms with Crippen molar-refractivity contribution < 1.29 is 4.74 Å². The first-order chi connectivity index (χ1) is 8.72. The van der Waals surface area contributed by atoms with Gasteiger partial charge in [0.1, 0.15) is 12.4 Å². The summed E-state index contributed by atoms with van der Waals surface area (Å²) >= 11 is 7.61. The molecule has 0 aliphatic rings. The lowest BCUT2D eigenvalue weighted by atomic mass is 10.3. The number of nitrogens with two attached hydrogens (primary N) is 1. The normalized spacial score (nSPS) is 10.9. The van der Waals surface area contributed by atoms with Crippen molar-refractivity contribution in [1.29, 1.82) is 0 Å². The second kappa shape index (κ2) is 4.51. The third kappa shape index (κ3) is 2.14. The molecule has 3 rings (SSSR count). The summed E-state index contributed by atoms with van der Waals surface area (Å²) in [5, 5.41) is 2.50. The molecule has 3 aromatic rings. The van der Waals surface area contributed by atoms with Gasteiger partial charge < -0.3 is 10.5 Å². The average molecular weight is 280 g/mol. The molecule has 0 bridgehead atoms. The van der Waals surface area contributed by atoms with E-state index in [4.69, 9.17) is 22.1 Å². The van der Waals surface area contributed by atoms with Gasteiger partial charge in [0.05, 0.1) is 10.7 Å². The second-order valence-electron chi connectivity index (χ2n) is 3.80. The Morgan fingerprint density at radius 2 is 2.33 bits per heavy atom. The van der Waals surface area contributed by atoms with Crippen molar-refractivity contribution in [2.24, 2.45) is 0 Å². The lowest BCUT2D eigenvalue weighted by Gasteiger charge is -2.06. The van der Waals surface area contributed by atoms with E-state index >= 15 is 0 Å². The molecule has 0 aliphatic heterocycles. The van der Waals surface area contributed by atoms with Gasteiger partial charge in [-0.05, 0) is 18.2 Å². The fourth-order valence-electron chi connectivity index (χ4n) is 1.63. The SMILES string of the molecule is Nc1ccc(OCc2cn3ccsc3n2)c(Cl)c1. The minimum Gasteiger partial charge on any atom is -0.486 e. The van der Waals surface area contributed by atoms with Crippen molar-refractivity contribution in [3.63, 3.8) is 0 Å². The van der Waals surface area contributed by atoms with E-state index in [2.05, 4.69) is 4.98 Å². The fraction of sp³-hybridized carbons (Fsp3) is 0.0833. The summed E-state index contributed by atoms with van der Waals surface area (Å²) in [6.07, 6.45) is 3.91. The maximum Gasteiger partial charge on any atom is 0.193 e. The summed E-state index contributed by atoms with van der Waals surface area (Å²) in [5.41, 5.74) is 7.11. The third-order valence-electron chi connectivity index (χ3n) is 2.47. The Morgan fingerprint density at radius 3 is 3.11 bits per heavy atom. The summed E-state index contributed by atoms with van der Waals surface area (Å²) in [4.78, 5) is 5.38. The zero-order valence-corrected chi connectivity index (χ0v) is 10.9. The standard InChI is InChI=1S/C12H10ClN3OS/c13-10-5-8(14)1-2-11(10)17-7-9-6-16-3-4-18-12(16)15-9/h1-6H,7,14H2. The second-order valence-corrected chi connectivity index (χ2v) is 5.08. The summed E-state index contributed by atoms with van der Waals surface area (Å²) in [7, 11) is 0. The molecular formula is C12H10ClN3OS. The quantitative estimate of drug-likeness (QED) is 0.749. The topological polar surface area (TPSA) is 52.5 Å². The number of nitrogen functional groups attached to an aromatic ring is 1. The van der Waals surface area contributed by atoms with Crippen molar-refractivity contribution >= 4 is 33.6 Å². The Bertz CT molecular complexity index is 663. The first kappa shape index (κ1) is 11.4. The molecule has 1 aromatic carbocycles. The van der Waals surface area contributed by atoms with Gasteiger partial charge in [0.15, 0.2) is 4.96 Å². The van der Waals surface area contributed by atoms with Gasteiger partial charge in [-0.25, -0.2) is 4.98 Å². The monoisotopic (exact) mass is 279 g/mol. The van der Waals surface area contributed by atoms with Crippen LogP contribution in [0.1, 0.15) is 5.69 Å². The lowest BCUT2D eigenvalue weighted by molar-refractivity contribution is 0.302. The zero-order chi connectivity index (χ0) is 12.5. The van der Waals surface area contributed by atoms with E-state index in [1.165, 1.54) is 0 Å². The van der Waals surface area contributed by atoms with Crippen molar-refractivity contribution in [3.8, 4) is 5.75 Å². The molecular weight excluding hydrogens is 270 g/mol. The summed E-state index contributed by atoms with van der Waals surface area (Å²) in [6.45, 7) is 0.387. The smallest absolute Gasteiger partial charge is 0.193 e. The summed E-state index contributed by atoms with van der Waals surface area (Å²) < 4.78 is 7.58. The molecule has 4 nitrogen and oxygen atoms in total. The van der Waals surface area contributed by atoms with Crippen molar-refractivity contribution in [2.75, 3.05) is 5.73 Å². The highest BCUT2D eigenvalue weighted by Gasteiger charge is 2.05. The van der Waals surface area contributed by atoms with Crippen LogP contribution >= 0.6 is 22.9 Å². The van der Waals surface area contributed by atoms with E-state index in [9.17, 15) is 0 Å². The highest BCUT2D eigenvalue weighted by atomic mass is 35.5. The van der Waals surface area contributed by atoms with Crippen LogP contribution in [0.4, 0.5) is 5.69 Å². The Morgan fingerprint density at radius 1 is 1.44 bits per heavy atom. The zero-order valence-electron chi connectivity index (χ0n) is 9.34. The van der Waals surface area contributed by atoms with Crippen LogP contribution in [0.25, 0.3) is 4.96 Å². The molecule has 92 valence electrons. The van der Waals surface area contributed by atoms with Gasteiger partial charge in [0.25, 0.3) is 0 Å². The molecule has 0 radical (unpaired) electrons. The minimum absolute atomic E-state index is 0.387. The number of benzene rings is 1. The van der Waals surface area contributed by atoms with Crippen LogP contribution in [-0.4, -0.2) is 9.38 Å². The van der Waals surface area contributed by atoms with E-state index in [0.717, 1.165) is 10.7 Å². The van der Waals surface area contributed by atoms with Crippen LogP contribution in [0.2, 0.25) is 5.02 Å². The molecule has 0 saturated heterocycles. The molecule has 0 fully saturated rings. The van der Waals surface area contributed by atoms with Gasteiger partial charge in [-0.1, -0.05) is 11.6 Å². The molecule has 2 aromatic heterocycles. The molecule has 0 unspecified atom stereocenters. The van der Waals surface area contributed by atoms with Crippen molar-refractivity contribution in [2.45, 2.75) is 6.61 Å². The first-order valence-corrected chi connectivity index (χ1v) is 6.57. The largest absolute Gasteiger partial charge is 0.486 e. The molecule has 0 aliphatic carbocycles. The number of aromatic nitrogens is 2. The predicted molar refractivity (Wildman–Crippen MR) is 73.3 cm³/mol. The maximum absolute atomic E-state index is 6.02. The molecule has 2 N–H and O–H groups in total. The van der Waals surface area contributed by atoms with E-state index in [0.29, 0.717) is 23.1 Å². The first-order valence-electron chi connectivity index (χ1n) is 5.31. The Hall–Kier alpha value is -1.72. The number of halogens is 1. The van der Waals surface area contributed by atoms with Crippen molar-refractivity contribution in [1.82, 2.24) is 9.38 Å². The maximum atomic E-state index is 6.02. The number of imidazole rings is 1. The van der Waals surface area contributed by atoms with E-state index < -0.39 is 0 Å². The molecule has 0 amide bonds. The summed E-state index contributed by atoms with van der Waals surface area (Å²) in [5.74, 6) is 0.613. The predicted octanol–water partition coefficient (Wildman–Crippen LogP) is 3.21. The number of ether oxygens (including phenoxy) is 1. The fourth-order valence-corrected chi connectivity index (χ4v) is 2.59. The van der Waals surface area contributed by atoms with Gasteiger partial charge in [-0.2, -0.15) is 0 Å². The number of rotatable bonds is 3. The molecule has 6 heteroatoms. The van der Waals surface area contributed by atoms with Gasteiger partial charge in [0, 0.05) is 23.5 Å². The highest BCUT2D eigenvalue weighted by molar-refractivity contribution is 7.15. The van der Waals surface area contributed by atoms with Crippen LogP contribution in [0.5, 0.6) is 5.75 Å². The molecule has 0 saturated carbocycles.